The average Bonchev–Trinajstić information content (AvgIpc) is 3.68. The molecule has 3 heterocycles. The molecule has 5 heteroatoms. The topological polar surface area (TPSA) is 38.7 Å². The highest BCUT2D eigenvalue weighted by molar-refractivity contribution is 7.99. The largest absolute Gasteiger partial charge is 0.208 e. The minimum atomic E-state index is -0.468. The number of rotatable bonds is 4. The normalized spacial score (nSPS) is 14.4. The van der Waals surface area contributed by atoms with Crippen molar-refractivity contribution >= 4 is 43.3 Å². The summed E-state index contributed by atoms with van der Waals surface area (Å²) in [6, 6.07) is 68.4. The Morgan fingerprint density at radius 2 is 0.900 bits per heavy atom. The summed E-state index contributed by atoms with van der Waals surface area (Å²) in [5.74, 6) is 1.97. The van der Waals surface area contributed by atoms with Crippen LogP contribution in [0.2, 0.25) is 0 Å². The molecule has 0 radical (unpaired) electrons. The Morgan fingerprint density at radius 1 is 0.383 bits per heavy atom. The summed E-state index contributed by atoms with van der Waals surface area (Å²) in [6.07, 6.45) is 0. The maximum atomic E-state index is 5.16. The number of nitrogens with zero attached hydrogens (tertiary/aromatic N) is 3. The SMILES string of the molecule is CC1(C)c2ccccc2C2(c3ccccc3Sc3ccccc32)c2cccc(-c3ccc(-c4nc(-c5ccccc5)nc(-c5ccc6c(c5)sc5ccccc56)n4)cc3)c21. The van der Waals surface area contributed by atoms with Crippen molar-refractivity contribution in [2.45, 2.75) is 34.5 Å². The van der Waals surface area contributed by atoms with Gasteiger partial charge in [0.2, 0.25) is 0 Å². The highest BCUT2D eigenvalue weighted by atomic mass is 32.2. The van der Waals surface area contributed by atoms with Crippen LogP contribution in [-0.2, 0) is 10.8 Å². The molecular formula is C55H37N3S2. The fourth-order valence-corrected chi connectivity index (χ4v) is 12.3. The summed E-state index contributed by atoms with van der Waals surface area (Å²) in [4.78, 5) is 17.9. The van der Waals surface area contributed by atoms with Crippen molar-refractivity contribution in [2.75, 3.05) is 0 Å². The first-order valence-electron chi connectivity index (χ1n) is 20.4. The Hall–Kier alpha value is -6.66. The number of aromatic nitrogens is 3. The lowest BCUT2D eigenvalue weighted by atomic mass is 9.53. The fourth-order valence-electron chi connectivity index (χ4n) is 10.0. The summed E-state index contributed by atoms with van der Waals surface area (Å²) in [6.45, 7) is 4.80. The lowest BCUT2D eigenvalue weighted by molar-refractivity contribution is 0.550. The molecule has 12 rings (SSSR count). The third kappa shape index (κ3) is 5.19. The monoisotopic (exact) mass is 803 g/mol. The zero-order valence-electron chi connectivity index (χ0n) is 33.1. The van der Waals surface area contributed by atoms with Gasteiger partial charge >= 0.3 is 0 Å². The number of hydrogen-bond donors (Lipinski definition) is 0. The van der Waals surface area contributed by atoms with Gasteiger partial charge in [0.15, 0.2) is 17.5 Å². The van der Waals surface area contributed by atoms with Crippen LogP contribution in [0.25, 0.3) is 65.5 Å². The predicted molar refractivity (Wildman–Crippen MR) is 249 cm³/mol. The molecule has 1 aliphatic carbocycles. The molecule has 60 heavy (non-hydrogen) atoms. The Morgan fingerprint density at radius 3 is 1.62 bits per heavy atom. The maximum absolute atomic E-state index is 5.16. The summed E-state index contributed by atoms with van der Waals surface area (Å²) in [5.41, 5.74) is 12.7. The van der Waals surface area contributed by atoms with Crippen molar-refractivity contribution in [3.8, 4) is 45.3 Å². The van der Waals surface area contributed by atoms with Gasteiger partial charge in [0.25, 0.3) is 0 Å². The summed E-state index contributed by atoms with van der Waals surface area (Å²) < 4.78 is 2.50. The molecule has 0 fully saturated rings. The van der Waals surface area contributed by atoms with Gasteiger partial charge in [-0.3, -0.25) is 0 Å². The van der Waals surface area contributed by atoms with Crippen LogP contribution in [0.3, 0.4) is 0 Å². The van der Waals surface area contributed by atoms with Gasteiger partial charge in [0.1, 0.15) is 0 Å². The third-order valence-electron chi connectivity index (χ3n) is 12.7. The van der Waals surface area contributed by atoms with Gasteiger partial charge in [-0.25, -0.2) is 15.0 Å². The van der Waals surface area contributed by atoms with Crippen molar-refractivity contribution in [2.24, 2.45) is 0 Å². The second-order valence-corrected chi connectivity index (χ2v) is 18.5. The van der Waals surface area contributed by atoms with E-state index in [1.165, 1.54) is 68.9 Å². The van der Waals surface area contributed by atoms with Crippen LogP contribution in [0.5, 0.6) is 0 Å². The molecule has 10 aromatic rings. The second kappa shape index (κ2) is 13.4. The van der Waals surface area contributed by atoms with Crippen molar-refractivity contribution in [3.63, 3.8) is 0 Å². The van der Waals surface area contributed by atoms with Crippen LogP contribution in [0.15, 0.2) is 198 Å². The second-order valence-electron chi connectivity index (χ2n) is 16.3. The van der Waals surface area contributed by atoms with Crippen LogP contribution < -0.4 is 0 Å². The quantitative estimate of drug-likeness (QED) is 0.178. The highest BCUT2D eigenvalue weighted by Crippen LogP contribution is 2.62. The molecule has 8 aromatic carbocycles. The van der Waals surface area contributed by atoms with Crippen LogP contribution in [0.4, 0.5) is 0 Å². The molecule has 1 spiro atoms. The number of hydrogen-bond acceptors (Lipinski definition) is 5. The molecule has 0 saturated heterocycles. The van der Waals surface area contributed by atoms with Crippen molar-refractivity contribution in [1.82, 2.24) is 15.0 Å². The molecule has 0 unspecified atom stereocenters. The highest BCUT2D eigenvalue weighted by Gasteiger charge is 2.52. The van der Waals surface area contributed by atoms with E-state index in [0.29, 0.717) is 17.5 Å². The van der Waals surface area contributed by atoms with E-state index in [9.17, 15) is 0 Å². The lowest BCUT2D eigenvalue weighted by Crippen LogP contribution is -2.43. The molecule has 3 nitrogen and oxygen atoms in total. The van der Waals surface area contributed by atoms with Crippen LogP contribution in [0.1, 0.15) is 47.2 Å². The fraction of sp³-hybridized carbons (Fsp3) is 0.0727. The standard InChI is InChI=1S/C55H37N3S2/c1-54(2)41-19-7-8-20-42(41)55(43-21-9-12-25-47(43)60-48-26-13-10-22-44(48)55)45-23-14-18-38(50(45)54)34-27-29-36(30-28-34)52-56-51(35-15-4-3-5-16-35)57-53(58-52)37-31-32-40-39-17-6-11-24-46(39)59-49(40)33-37/h3-33H,1-2H3. The molecule has 0 atom stereocenters. The summed E-state index contributed by atoms with van der Waals surface area (Å²) in [7, 11) is 0. The van der Waals surface area contributed by atoms with Crippen molar-refractivity contribution in [3.05, 3.63) is 221 Å². The molecule has 1 aliphatic heterocycles. The number of thiophene rings is 1. The van der Waals surface area contributed by atoms with Gasteiger partial charge in [-0.05, 0) is 68.8 Å². The molecule has 2 aromatic heterocycles. The van der Waals surface area contributed by atoms with E-state index in [1.807, 2.05) is 30.0 Å². The zero-order valence-corrected chi connectivity index (χ0v) is 34.7. The number of fused-ring (bicyclic) bond motifs is 11. The summed E-state index contributed by atoms with van der Waals surface area (Å²) >= 11 is 3.69. The summed E-state index contributed by atoms with van der Waals surface area (Å²) in [5, 5.41) is 2.53. The minimum Gasteiger partial charge on any atom is -0.208 e. The number of benzene rings is 8. The van der Waals surface area contributed by atoms with Gasteiger partial charge in [-0.2, -0.15) is 0 Å². The van der Waals surface area contributed by atoms with Crippen molar-refractivity contribution < 1.29 is 0 Å². The van der Waals surface area contributed by atoms with E-state index < -0.39 is 5.41 Å². The third-order valence-corrected chi connectivity index (χ3v) is 14.9. The smallest absolute Gasteiger partial charge is 0.164 e. The minimum absolute atomic E-state index is 0.274. The Bertz CT molecular complexity index is 3280. The molecule has 0 amide bonds. The van der Waals surface area contributed by atoms with Gasteiger partial charge in [-0.15, -0.1) is 11.3 Å². The van der Waals surface area contributed by atoms with Crippen molar-refractivity contribution in [1.29, 1.82) is 0 Å². The Balaban J connectivity index is 1.02. The molecule has 0 N–H and O–H groups in total. The van der Waals surface area contributed by atoms with E-state index in [2.05, 4.69) is 184 Å². The molecular weight excluding hydrogens is 767 g/mol. The van der Waals surface area contributed by atoms with Gasteiger partial charge in [-0.1, -0.05) is 189 Å². The van der Waals surface area contributed by atoms with Crippen LogP contribution in [0, 0.1) is 0 Å². The zero-order chi connectivity index (χ0) is 40.0. The molecule has 284 valence electrons. The first kappa shape index (κ1) is 35.3. The van der Waals surface area contributed by atoms with E-state index in [-0.39, 0.29) is 5.41 Å². The lowest BCUT2D eigenvalue weighted by Gasteiger charge is -2.51. The maximum Gasteiger partial charge on any atom is 0.164 e. The first-order chi connectivity index (χ1) is 29.5. The average molecular weight is 804 g/mol. The van der Waals surface area contributed by atoms with Gasteiger partial charge in [0.05, 0.1) is 5.41 Å². The van der Waals surface area contributed by atoms with E-state index in [4.69, 9.17) is 15.0 Å². The van der Waals surface area contributed by atoms with Crippen LogP contribution in [-0.4, -0.2) is 15.0 Å². The predicted octanol–water partition coefficient (Wildman–Crippen LogP) is 14.4. The Labute approximate surface area is 357 Å². The molecule has 0 bridgehead atoms. The van der Waals surface area contributed by atoms with Crippen LogP contribution >= 0.6 is 23.1 Å². The van der Waals surface area contributed by atoms with E-state index >= 15 is 0 Å². The Kier molecular flexibility index (Phi) is 7.90. The van der Waals surface area contributed by atoms with E-state index in [0.717, 1.165) is 22.3 Å². The molecule has 0 saturated carbocycles. The first-order valence-corrected chi connectivity index (χ1v) is 22.1. The van der Waals surface area contributed by atoms with Gasteiger partial charge < -0.3 is 0 Å². The van der Waals surface area contributed by atoms with E-state index in [1.54, 1.807) is 11.3 Å². The van der Waals surface area contributed by atoms with Gasteiger partial charge in [0, 0.05) is 52.1 Å². The molecule has 2 aliphatic rings.